The molecule has 0 spiro atoms. The Bertz CT molecular complexity index is 1610. The van der Waals surface area contributed by atoms with Crippen molar-refractivity contribution in [3.8, 4) is 5.75 Å². The summed E-state index contributed by atoms with van der Waals surface area (Å²) < 4.78 is 11.7. The van der Waals surface area contributed by atoms with Crippen LogP contribution in [-0.4, -0.2) is 16.5 Å². The largest absolute Gasteiger partial charge is 0.507 e. The molecule has 0 amide bonds. The first-order valence-electron chi connectivity index (χ1n) is 12.1. The minimum absolute atomic E-state index is 0.0867. The van der Waals surface area contributed by atoms with Crippen LogP contribution in [0.2, 0.25) is 0 Å². The molecule has 2 N–H and O–H groups in total. The number of aliphatic hydroxyl groups excluding tert-OH is 2. The Kier molecular flexibility index (Phi) is 5.76. The van der Waals surface area contributed by atoms with Gasteiger partial charge in [-0.3, -0.25) is 0 Å². The smallest absolute Gasteiger partial charge is 0.340 e. The molecular weight excluding hydrogens is 452 g/mol. The molecule has 1 aliphatic rings. The van der Waals surface area contributed by atoms with E-state index in [9.17, 15) is 15.0 Å². The Labute approximate surface area is 210 Å². The van der Waals surface area contributed by atoms with Crippen molar-refractivity contribution in [3.63, 3.8) is 0 Å². The highest BCUT2D eigenvalue weighted by atomic mass is 16.6. The summed E-state index contributed by atoms with van der Waals surface area (Å²) in [6.45, 7) is 11.8. The number of aryl methyl sites for hydroxylation is 6. The molecule has 0 saturated carbocycles. The van der Waals surface area contributed by atoms with Gasteiger partial charge in [-0.05, 0) is 99.2 Å². The second-order valence-corrected chi connectivity index (χ2v) is 9.91. The molecule has 4 aromatic rings. The van der Waals surface area contributed by atoms with Crippen molar-refractivity contribution < 1.29 is 19.4 Å². The maximum atomic E-state index is 13.5. The van der Waals surface area contributed by atoms with Gasteiger partial charge in [0, 0.05) is 11.3 Å². The van der Waals surface area contributed by atoms with Crippen LogP contribution in [0.5, 0.6) is 5.75 Å². The lowest BCUT2D eigenvalue weighted by Gasteiger charge is -2.31. The lowest BCUT2D eigenvalue weighted by molar-refractivity contribution is 0.00638. The zero-order chi connectivity index (χ0) is 25.9. The highest BCUT2D eigenvalue weighted by molar-refractivity contribution is 5.84. The lowest BCUT2D eigenvalue weighted by atomic mass is 9.80. The van der Waals surface area contributed by atoms with E-state index in [1.807, 2.05) is 90.1 Å². The van der Waals surface area contributed by atoms with E-state index in [2.05, 4.69) is 0 Å². The first-order chi connectivity index (χ1) is 17.1. The van der Waals surface area contributed by atoms with Gasteiger partial charge < -0.3 is 19.4 Å². The molecule has 0 bridgehead atoms. The van der Waals surface area contributed by atoms with E-state index in [0.717, 1.165) is 44.3 Å². The van der Waals surface area contributed by atoms with Crippen LogP contribution in [0.25, 0.3) is 16.7 Å². The first-order valence-corrected chi connectivity index (χ1v) is 12.1. The summed E-state index contributed by atoms with van der Waals surface area (Å²) in [5.41, 5.74) is 7.72. The zero-order valence-electron chi connectivity index (χ0n) is 21.4. The van der Waals surface area contributed by atoms with Gasteiger partial charge in [0.2, 0.25) is 6.29 Å². The van der Waals surface area contributed by atoms with Crippen LogP contribution in [0.1, 0.15) is 56.0 Å². The Balaban J connectivity index is 1.85. The van der Waals surface area contributed by atoms with Gasteiger partial charge in [-0.15, -0.1) is 0 Å². The predicted molar refractivity (Wildman–Crippen MR) is 142 cm³/mol. The number of hydrogen-bond donors (Lipinski definition) is 2. The third-order valence-corrected chi connectivity index (χ3v) is 7.47. The summed E-state index contributed by atoms with van der Waals surface area (Å²) in [6, 6.07) is 15.3. The van der Waals surface area contributed by atoms with E-state index in [1.165, 1.54) is 0 Å². The van der Waals surface area contributed by atoms with Crippen molar-refractivity contribution in [3.05, 3.63) is 115 Å². The van der Waals surface area contributed by atoms with Crippen LogP contribution in [0.4, 0.5) is 0 Å². The minimum atomic E-state index is -1.44. The molecule has 1 aliphatic heterocycles. The number of aliphatic hydroxyl groups is 2. The highest BCUT2D eigenvalue weighted by Gasteiger charge is 2.37. The Hall–Kier alpha value is -3.83. The molecule has 0 radical (unpaired) electrons. The summed E-state index contributed by atoms with van der Waals surface area (Å²) in [7, 11) is 0. The van der Waals surface area contributed by atoms with Crippen LogP contribution in [0, 0.1) is 41.5 Å². The molecule has 184 valence electrons. The van der Waals surface area contributed by atoms with Gasteiger partial charge in [-0.1, -0.05) is 29.8 Å². The van der Waals surface area contributed by atoms with Crippen molar-refractivity contribution in [1.29, 1.82) is 0 Å². The minimum Gasteiger partial charge on any atom is -0.507 e. The van der Waals surface area contributed by atoms with Gasteiger partial charge in [0.25, 0.3) is 0 Å². The molecular formula is C31H30O5. The second-order valence-electron chi connectivity index (χ2n) is 9.91. The quantitative estimate of drug-likeness (QED) is 0.328. The molecule has 3 aromatic carbocycles. The maximum absolute atomic E-state index is 13.5. The number of fused-ring (bicyclic) bond motifs is 2. The van der Waals surface area contributed by atoms with Gasteiger partial charge in [0.1, 0.15) is 17.1 Å². The summed E-state index contributed by atoms with van der Waals surface area (Å²) in [6.07, 6.45) is -1.44. The second kappa shape index (κ2) is 8.68. The fourth-order valence-corrected chi connectivity index (χ4v) is 5.02. The van der Waals surface area contributed by atoms with Crippen molar-refractivity contribution in [2.45, 2.75) is 53.8 Å². The van der Waals surface area contributed by atoms with Crippen molar-refractivity contribution in [1.82, 2.24) is 0 Å². The van der Waals surface area contributed by atoms with Gasteiger partial charge in [-0.2, -0.15) is 0 Å². The average Bonchev–Trinajstić information content (AvgIpc) is 2.82. The number of benzene rings is 3. The van der Waals surface area contributed by atoms with E-state index < -0.39 is 17.8 Å². The van der Waals surface area contributed by atoms with Crippen molar-refractivity contribution in [2.24, 2.45) is 0 Å². The van der Waals surface area contributed by atoms with Gasteiger partial charge in [-0.25, -0.2) is 4.79 Å². The van der Waals surface area contributed by atoms with Crippen LogP contribution >= 0.6 is 0 Å². The van der Waals surface area contributed by atoms with Gasteiger partial charge in [0.15, 0.2) is 0 Å². The predicted octanol–water partition coefficient (Wildman–Crippen LogP) is 6.46. The van der Waals surface area contributed by atoms with Gasteiger partial charge in [0.05, 0.1) is 16.7 Å². The number of hydrogen-bond acceptors (Lipinski definition) is 5. The number of rotatable bonds is 3. The van der Waals surface area contributed by atoms with Crippen LogP contribution in [0.3, 0.4) is 0 Å². The van der Waals surface area contributed by atoms with E-state index in [4.69, 9.17) is 9.15 Å². The third kappa shape index (κ3) is 3.80. The monoisotopic (exact) mass is 482 g/mol. The first kappa shape index (κ1) is 23.9. The Morgan fingerprint density at radius 2 is 1.44 bits per heavy atom. The molecule has 36 heavy (non-hydrogen) atoms. The third-order valence-electron chi connectivity index (χ3n) is 7.47. The fourth-order valence-electron chi connectivity index (χ4n) is 5.02. The van der Waals surface area contributed by atoms with Crippen molar-refractivity contribution >= 4 is 16.7 Å². The molecule has 5 heteroatoms. The standard InChI is InChI=1S/C31H30O5/c1-15-7-9-21(10-8-15)27(26-20(6)22-11-16(2)18(4)13-24(22)35-30(26)33)28-29(32)23-12-17(3)19(5)14-25(23)36-31(28)34/h7-14,27,31-32,34H,1-6H3. The summed E-state index contributed by atoms with van der Waals surface area (Å²) in [5, 5.41) is 23.6. The van der Waals surface area contributed by atoms with Crippen molar-refractivity contribution in [2.75, 3.05) is 0 Å². The number of ether oxygens (including phenoxy) is 1. The SMILES string of the molecule is Cc1ccc(C(C2=C(O)c3cc(C)c(C)cc3OC2O)c2c(C)c3cc(C)c(C)cc3oc2=O)cc1. The molecule has 1 aromatic heterocycles. The zero-order valence-corrected chi connectivity index (χ0v) is 21.4. The fraction of sp³-hybridized carbons (Fsp3) is 0.258. The summed E-state index contributed by atoms with van der Waals surface area (Å²) in [5.74, 6) is -0.461. The summed E-state index contributed by atoms with van der Waals surface area (Å²) >= 11 is 0. The highest BCUT2D eigenvalue weighted by Crippen LogP contribution is 2.44. The maximum Gasteiger partial charge on any atom is 0.340 e. The Morgan fingerprint density at radius 3 is 2.14 bits per heavy atom. The van der Waals surface area contributed by atoms with E-state index in [1.54, 1.807) is 0 Å². The molecule has 5 rings (SSSR count). The van der Waals surface area contributed by atoms with Crippen LogP contribution in [-0.2, 0) is 0 Å². The Morgan fingerprint density at radius 1 is 0.833 bits per heavy atom. The van der Waals surface area contributed by atoms with E-state index >= 15 is 0 Å². The molecule has 0 saturated heterocycles. The molecule has 0 fully saturated rings. The molecule has 2 heterocycles. The van der Waals surface area contributed by atoms with E-state index in [-0.39, 0.29) is 11.3 Å². The molecule has 5 nitrogen and oxygen atoms in total. The molecule has 2 unspecified atom stereocenters. The summed E-state index contributed by atoms with van der Waals surface area (Å²) in [4.78, 5) is 13.5. The molecule has 2 atom stereocenters. The van der Waals surface area contributed by atoms with E-state index in [0.29, 0.717) is 22.5 Å². The average molecular weight is 483 g/mol. The van der Waals surface area contributed by atoms with Crippen LogP contribution in [0.15, 0.2) is 63.3 Å². The van der Waals surface area contributed by atoms with Gasteiger partial charge >= 0.3 is 5.63 Å². The topological polar surface area (TPSA) is 79.9 Å². The lowest BCUT2D eigenvalue weighted by Crippen LogP contribution is -2.31. The van der Waals surface area contributed by atoms with Crippen LogP contribution < -0.4 is 10.4 Å². The molecule has 0 aliphatic carbocycles. The normalized spacial score (nSPS) is 16.1.